The molecule has 0 saturated heterocycles. The summed E-state index contributed by atoms with van der Waals surface area (Å²) in [6.07, 6.45) is 1.31. The van der Waals surface area contributed by atoms with Gasteiger partial charge >= 0.3 is 0 Å². The van der Waals surface area contributed by atoms with Crippen molar-refractivity contribution in [2.24, 2.45) is 0 Å². The van der Waals surface area contributed by atoms with E-state index in [-0.39, 0.29) is 11.7 Å². The summed E-state index contributed by atoms with van der Waals surface area (Å²) in [6, 6.07) is 8.19. The third kappa shape index (κ3) is 3.28. The molecule has 4 heteroatoms. The van der Waals surface area contributed by atoms with Gasteiger partial charge in [-0.05, 0) is 25.8 Å². The predicted octanol–water partition coefficient (Wildman–Crippen LogP) is 3.05. The van der Waals surface area contributed by atoms with Crippen molar-refractivity contribution >= 4 is 5.78 Å². The molecule has 0 aliphatic heterocycles. The van der Waals surface area contributed by atoms with Crippen LogP contribution in [0.5, 0.6) is 0 Å². The number of hydrogen-bond donors (Lipinski definition) is 0. The van der Waals surface area contributed by atoms with Crippen molar-refractivity contribution in [3.63, 3.8) is 0 Å². The van der Waals surface area contributed by atoms with Crippen LogP contribution in [-0.2, 0) is 11.2 Å². The third-order valence-corrected chi connectivity index (χ3v) is 3.13. The summed E-state index contributed by atoms with van der Waals surface area (Å²) < 4.78 is 5.20. The zero-order valence-electron chi connectivity index (χ0n) is 11.5. The largest absolute Gasteiger partial charge is 0.339 e. The van der Waals surface area contributed by atoms with Gasteiger partial charge in [-0.3, -0.25) is 4.79 Å². The normalized spacial score (nSPS) is 12.4. The molecule has 0 spiro atoms. The van der Waals surface area contributed by atoms with Crippen molar-refractivity contribution in [2.45, 2.75) is 39.5 Å². The summed E-state index contributed by atoms with van der Waals surface area (Å²) in [5.74, 6) is 0.838. The van der Waals surface area contributed by atoms with Crippen molar-refractivity contribution < 1.29 is 9.32 Å². The van der Waals surface area contributed by atoms with E-state index in [9.17, 15) is 4.79 Å². The van der Waals surface area contributed by atoms with Crippen molar-refractivity contribution in [1.29, 1.82) is 0 Å². The van der Waals surface area contributed by atoms with Gasteiger partial charge in [-0.15, -0.1) is 0 Å². The number of rotatable bonds is 5. The standard InChI is InChI=1S/C15H18N2O2/c1-4-13(11(3)18)15-16-14(17-19-15)9-12-7-5-6-10(2)8-12/h5-8,13H,4,9H2,1-3H3. The zero-order valence-corrected chi connectivity index (χ0v) is 11.5. The molecule has 1 aromatic heterocycles. The lowest BCUT2D eigenvalue weighted by atomic mass is 10.0. The molecule has 100 valence electrons. The molecule has 2 rings (SSSR count). The minimum Gasteiger partial charge on any atom is -0.339 e. The summed E-state index contributed by atoms with van der Waals surface area (Å²) in [4.78, 5) is 15.8. The van der Waals surface area contributed by atoms with E-state index in [1.54, 1.807) is 6.92 Å². The maximum atomic E-state index is 11.5. The van der Waals surface area contributed by atoms with Gasteiger partial charge in [0.1, 0.15) is 5.78 Å². The van der Waals surface area contributed by atoms with Crippen LogP contribution in [0.15, 0.2) is 28.8 Å². The molecule has 4 nitrogen and oxygen atoms in total. The SMILES string of the molecule is CCC(C(C)=O)c1nc(Cc2cccc(C)c2)no1. The molecule has 1 aromatic carbocycles. The molecule has 0 N–H and O–H groups in total. The van der Waals surface area contributed by atoms with Crippen molar-refractivity contribution in [3.8, 4) is 0 Å². The number of hydrogen-bond acceptors (Lipinski definition) is 4. The lowest BCUT2D eigenvalue weighted by molar-refractivity contribution is -0.119. The first kappa shape index (κ1) is 13.5. The summed E-state index contributed by atoms with van der Waals surface area (Å²) in [7, 11) is 0. The molecule has 2 aromatic rings. The summed E-state index contributed by atoms with van der Waals surface area (Å²) in [6.45, 7) is 5.54. The van der Waals surface area contributed by atoms with Crippen LogP contribution in [-0.4, -0.2) is 15.9 Å². The number of nitrogens with zero attached hydrogens (tertiary/aromatic N) is 2. The van der Waals surface area contributed by atoms with E-state index in [4.69, 9.17) is 4.52 Å². The summed E-state index contributed by atoms with van der Waals surface area (Å²) in [5.41, 5.74) is 2.35. The Labute approximate surface area is 112 Å². The van der Waals surface area contributed by atoms with Gasteiger partial charge in [-0.1, -0.05) is 41.9 Å². The molecule has 0 bridgehead atoms. The lowest BCUT2D eigenvalue weighted by Gasteiger charge is -2.03. The van der Waals surface area contributed by atoms with Crippen LogP contribution in [0, 0.1) is 6.92 Å². The van der Waals surface area contributed by atoms with E-state index in [1.807, 2.05) is 32.0 Å². The Bertz CT molecular complexity index is 575. The van der Waals surface area contributed by atoms with Gasteiger partial charge in [-0.25, -0.2) is 0 Å². The lowest BCUT2D eigenvalue weighted by Crippen LogP contribution is -2.08. The fourth-order valence-electron chi connectivity index (χ4n) is 2.12. The van der Waals surface area contributed by atoms with Crippen LogP contribution in [0.2, 0.25) is 0 Å². The number of carbonyl (C=O) groups excluding carboxylic acids is 1. The van der Waals surface area contributed by atoms with Crippen molar-refractivity contribution in [3.05, 3.63) is 47.1 Å². The minimum absolute atomic E-state index is 0.0632. The Morgan fingerprint density at radius 2 is 2.21 bits per heavy atom. The number of Topliss-reactive ketones (excluding diaryl/α,β-unsaturated/α-hetero) is 1. The highest BCUT2D eigenvalue weighted by Gasteiger charge is 2.21. The second-order valence-corrected chi connectivity index (χ2v) is 4.79. The Balaban J connectivity index is 2.15. The van der Waals surface area contributed by atoms with Gasteiger partial charge < -0.3 is 4.52 Å². The summed E-state index contributed by atoms with van der Waals surface area (Å²) in [5, 5.41) is 3.95. The highest BCUT2D eigenvalue weighted by molar-refractivity contribution is 5.82. The fourth-order valence-corrected chi connectivity index (χ4v) is 2.12. The van der Waals surface area contributed by atoms with Crippen LogP contribution in [0.3, 0.4) is 0 Å². The van der Waals surface area contributed by atoms with E-state index >= 15 is 0 Å². The second kappa shape index (κ2) is 5.78. The average Bonchev–Trinajstić information content (AvgIpc) is 2.78. The van der Waals surface area contributed by atoms with E-state index < -0.39 is 0 Å². The van der Waals surface area contributed by atoms with E-state index in [0.717, 1.165) is 5.56 Å². The topological polar surface area (TPSA) is 56.0 Å². The molecule has 0 saturated carbocycles. The molecule has 1 atom stereocenters. The molecule has 1 heterocycles. The number of aryl methyl sites for hydroxylation is 1. The van der Waals surface area contributed by atoms with Gasteiger partial charge in [0, 0.05) is 6.42 Å². The predicted molar refractivity (Wildman–Crippen MR) is 72.0 cm³/mol. The van der Waals surface area contributed by atoms with Gasteiger partial charge in [-0.2, -0.15) is 4.98 Å². The van der Waals surface area contributed by atoms with Crippen LogP contribution < -0.4 is 0 Å². The third-order valence-electron chi connectivity index (χ3n) is 3.13. The molecular formula is C15H18N2O2. The Morgan fingerprint density at radius 1 is 1.42 bits per heavy atom. The molecule has 0 fully saturated rings. The molecule has 0 aliphatic carbocycles. The van der Waals surface area contributed by atoms with Crippen LogP contribution in [0.1, 0.15) is 49.0 Å². The second-order valence-electron chi connectivity index (χ2n) is 4.79. The van der Waals surface area contributed by atoms with Crippen LogP contribution in [0.25, 0.3) is 0 Å². The number of aromatic nitrogens is 2. The smallest absolute Gasteiger partial charge is 0.237 e. The number of ketones is 1. The van der Waals surface area contributed by atoms with Crippen LogP contribution >= 0.6 is 0 Å². The summed E-state index contributed by atoms with van der Waals surface area (Å²) >= 11 is 0. The van der Waals surface area contributed by atoms with E-state index in [0.29, 0.717) is 24.6 Å². The van der Waals surface area contributed by atoms with E-state index in [2.05, 4.69) is 16.2 Å². The molecule has 19 heavy (non-hydrogen) atoms. The Morgan fingerprint density at radius 3 is 2.84 bits per heavy atom. The molecule has 0 radical (unpaired) electrons. The Hall–Kier alpha value is -1.97. The number of carbonyl (C=O) groups is 1. The fraction of sp³-hybridized carbons (Fsp3) is 0.400. The molecular weight excluding hydrogens is 240 g/mol. The van der Waals surface area contributed by atoms with Gasteiger partial charge in [0.25, 0.3) is 0 Å². The first-order valence-electron chi connectivity index (χ1n) is 6.48. The monoisotopic (exact) mass is 258 g/mol. The Kier molecular flexibility index (Phi) is 4.10. The quantitative estimate of drug-likeness (QED) is 0.827. The van der Waals surface area contributed by atoms with E-state index in [1.165, 1.54) is 5.56 Å². The van der Waals surface area contributed by atoms with Crippen molar-refractivity contribution in [2.75, 3.05) is 0 Å². The van der Waals surface area contributed by atoms with Gasteiger partial charge in [0.05, 0.1) is 5.92 Å². The maximum Gasteiger partial charge on any atom is 0.237 e. The maximum absolute atomic E-state index is 11.5. The number of benzene rings is 1. The first-order valence-corrected chi connectivity index (χ1v) is 6.48. The molecule has 0 amide bonds. The minimum atomic E-state index is -0.279. The van der Waals surface area contributed by atoms with Gasteiger partial charge in [0.15, 0.2) is 5.82 Å². The average molecular weight is 258 g/mol. The van der Waals surface area contributed by atoms with Gasteiger partial charge in [0.2, 0.25) is 5.89 Å². The molecule has 0 aliphatic rings. The highest BCUT2D eigenvalue weighted by atomic mass is 16.5. The molecule has 1 unspecified atom stereocenters. The first-order chi connectivity index (χ1) is 9.10. The highest BCUT2D eigenvalue weighted by Crippen LogP contribution is 2.19. The van der Waals surface area contributed by atoms with Crippen LogP contribution in [0.4, 0.5) is 0 Å². The van der Waals surface area contributed by atoms with Crippen molar-refractivity contribution in [1.82, 2.24) is 10.1 Å². The zero-order chi connectivity index (χ0) is 13.8.